The lowest BCUT2D eigenvalue weighted by Gasteiger charge is -2.22. The molecule has 1 saturated carbocycles. The number of hydrogen-bond acceptors (Lipinski definition) is 3. The highest BCUT2D eigenvalue weighted by atomic mass is 16.5. The second-order valence-electron chi connectivity index (χ2n) is 6.31. The van der Waals surface area contributed by atoms with Gasteiger partial charge < -0.3 is 15.0 Å². The summed E-state index contributed by atoms with van der Waals surface area (Å²) in [5.74, 6) is 0.233. The van der Waals surface area contributed by atoms with Crippen LogP contribution in [-0.4, -0.2) is 49.7 Å². The lowest BCUT2D eigenvalue weighted by Crippen LogP contribution is -2.37. The number of rotatable bonds is 5. The molecule has 1 heterocycles. The molecule has 1 N–H and O–H groups in total. The fraction of sp³-hybridized carbons (Fsp3) is 0.938. The van der Waals surface area contributed by atoms with Gasteiger partial charge in [-0.2, -0.15) is 0 Å². The van der Waals surface area contributed by atoms with Crippen LogP contribution in [0.25, 0.3) is 0 Å². The summed E-state index contributed by atoms with van der Waals surface area (Å²) in [6, 6.07) is 0.424. The maximum Gasteiger partial charge on any atom is 0.221 e. The van der Waals surface area contributed by atoms with Crippen LogP contribution < -0.4 is 5.32 Å². The molecule has 0 unspecified atom stereocenters. The fourth-order valence-corrected chi connectivity index (χ4v) is 3.35. The van der Waals surface area contributed by atoms with E-state index < -0.39 is 0 Å². The van der Waals surface area contributed by atoms with Gasteiger partial charge in [-0.1, -0.05) is 32.1 Å². The second kappa shape index (κ2) is 8.63. The van der Waals surface area contributed by atoms with Crippen molar-refractivity contribution in [1.82, 2.24) is 10.2 Å². The van der Waals surface area contributed by atoms with Gasteiger partial charge in [0.1, 0.15) is 0 Å². The lowest BCUT2D eigenvalue weighted by atomic mass is 9.96. The Morgan fingerprint density at radius 1 is 1.15 bits per heavy atom. The van der Waals surface area contributed by atoms with Crippen LogP contribution in [0.4, 0.5) is 0 Å². The van der Waals surface area contributed by atoms with Gasteiger partial charge in [0.05, 0.1) is 6.10 Å². The highest BCUT2D eigenvalue weighted by Crippen LogP contribution is 2.17. The molecule has 116 valence electrons. The summed E-state index contributed by atoms with van der Waals surface area (Å²) >= 11 is 0. The Kier molecular flexibility index (Phi) is 6.80. The van der Waals surface area contributed by atoms with E-state index in [0.29, 0.717) is 18.6 Å². The van der Waals surface area contributed by atoms with Gasteiger partial charge in [-0.25, -0.2) is 0 Å². The average Bonchev–Trinajstić information content (AvgIpc) is 2.87. The van der Waals surface area contributed by atoms with E-state index in [9.17, 15) is 4.79 Å². The van der Waals surface area contributed by atoms with Crippen molar-refractivity contribution in [3.8, 4) is 0 Å². The molecule has 0 bridgehead atoms. The fourth-order valence-electron chi connectivity index (χ4n) is 3.35. The van der Waals surface area contributed by atoms with Crippen LogP contribution in [0.15, 0.2) is 0 Å². The predicted octanol–water partition coefficient (Wildman–Crippen LogP) is 2.33. The molecule has 0 spiro atoms. The first-order valence-corrected chi connectivity index (χ1v) is 8.32. The van der Waals surface area contributed by atoms with Gasteiger partial charge in [0.25, 0.3) is 0 Å². The summed E-state index contributed by atoms with van der Waals surface area (Å²) in [6.45, 7) is 2.92. The molecule has 1 saturated heterocycles. The summed E-state index contributed by atoms with van der Waals surface area (Å²) in [4.78, 5) is 14.4. The molecule has 2 aliphatic rings. The molecular formula is C16H30N2O2. The largest absolute Gasteiger partial charge is 0.380 e. The first kappa shape index (κ1) is 15.8. The number of nitrogens with zero attached hydrogens (tertiary/aromatic N) is 1. The Bertz CT molecular complexity index is 288. The van der Waals surface area contributed by atoms with Gasteiger partial charge in [-0.3, -0.25) is 4.79 Å². The van der Waals surface area contributed by atoms with E-state index in [1.54, 1.807) is 7.11 Å². The number of carbonyl (C=O) groups is 1. The molecule has 1 aliphatic heterocycles. The van der Waals surface area contributed by atoms with Crippen LogP contribution in [-0.2, 0) is 9.53 Å². The van der Waals surface area contributed by atoms with Crippen LogP contribution in [0.1, 0.15) is 57.8 Å². The third kappa shape index (κ3) is 5.41. The van der Waals surface area contributed by atoms with Crippen molar-refractivity contribution in [2.75, 3.05) is 26.7 Å². The minimum absolute atomic E-state index is 0.233. The van der Waals surface area contributed by atoms with Crippen molar-refractivity contribution in [2.45, 2.75) is 69.9 Å². The first-order valence-electron chi connectivity index (χ1n) is 8.32. The lowest BCUT2D eigenvalue weighted by molar-refractivity contribution is -0.122. The summed E-state index contributed by atoms with van der Waals surface area (Å²) in [5.41, 5.74) is 0. The average molecular weight is 282 g/mol. The molecule has 2 rings (SSSR count). The maximum absolute atomic E-state index is 12.0. The van der Waals surface area contributed by atoms with Crippen molar-refractivity contribution in [2.24, 2.45) is 0 Å². The molecule has 0 aromatic rings. The molecule has 1 aliphatic carbocycles. The van der Waals surface area contributed by atoms with E-state index in [1.807, 2.05) is 0 Å². The predicted molar refractivity (Wildman–Crippen MR) is 80.7 cm³/mol. The number of nitrogens with one attached hydrogen (secondary N) is 1. The number of amides is 1. The van der Waals surface area contributed by atoms with Gasteiger partial charge in [0.15, 0.2) is 0 Å². The van der Waals surface area contributed by atoms with Gasteiger partial charge in [-0.05, 0) is 19.3 Å². The van der Waals surface area contributed by atoms with E-state index in [0.717, 1.165) is 26.1 Å². The first-order chi connectivity index (χ1) is 9.78. The monoisotopic (exact) mass is 282 g/mol. The Labute approximate surface area is 123 Å². The smallest absolute Gasteiger partial charge is 0.221 e. The topological polar surface area (TPSA) is 41.6 Å². The zero-order chi connectivity index (χ0) is 14.2. The third-order valence-corrected chi connectivity index (χ3v) is 4.69. The van der Waals surface area contributed by atoms with Gasteiger partial charge in [0.2, 0.25) is 5.91 Å². The summed E-state index contributed by atoms with van der Waals surface area (Å²) in [6.07, 6.45) is 11.0. The number of hydrogen-bond donors (Lipinski definition) is 1. The third-order valence-electron chi connectivity index (χ3n) is 4.69. The molecule has 0 radical (unpaired) electrons. The highest BCUT2D eigenvalue weighted by molar-refractivity contribution is 5.76. The van der Waals surface area contributed by atoms with Gasteiger partial charge >= 0.3 is 0 Å². The SMILES string of the molecule is CO[C@H]1CCN(CCC(=O)NC2CCCCCCC2)C1. The van der Waals surface area contributed by atoms with Crippen LogP contribution in [0.2, 0.25) is 0 Å². The van der Waals surface area contributed by atoms with Crippen molar-refractivity contribution in [3.63, 3.8) is 0 Å². The minimum atomic E-state index is 0.233. The van der Waals surface area contributed by atoms with E-state index in [4.69, 9.17) is 4.74 Å². The number of ether oxygens (including phenoxy) is 1. The Balaban J connectivity index is 1.62. The summed E-state index contributed by atoms with van der Waals surface area (Å²) in [7, 11) is 1.77. The number of carbonyl (C=O) groups excluding carboxylic acids is 1. The second-order valence-corrected chi connectivity index (χ2v) is 6.31. The van der Waals surface area contributed by atoms with Crippen molar-refractivity contribution in [3.05, 3.63) is 0 Å². The van der Waals surface area contributed by atoms with Crippen molar-refractivity contribution < 1.29 is 9.53 Å². The Morgan fingerprint density at radius 3 is 2.50 bits per heavy atom. The molecule has 2 fully saturated rings. The molecule has 4 nitrogen and oxygen atoms in total. The van der Waals surface area contributed by atoms with E-state index in [1.165, 1.54) is 44.9 Å². The van der Waals surface area contributed by atoms with E-state index >= 15 is 0 Å². The Morgan fingerprint density at radius 2 is 1.85 bits per heavy atom. The molecule has 1 atom stereocenters. The molecule has 1 amide bonds. The Hall–Kier alpha value is -0.610. The molecule has 20 heavy (non-hydrogen) atoms. The molecule has 4 heteroatoms. The number of methoxy groups -OCH3 is 1. The number of likely N-dealkylation sites (tertiary alicyclic amines) is 1. The van der Waals surface area contributed by atoms with Gasteiger partial charge in [0, 0.05) is 39.2 Å². The maximum atomic E-state index is 12.0. The summed E-state index contributed by atoms with van der Waals surface area (Å²) < 4.78 is 5.35. The van der Waals surface area contributed by atoms with Crippen LogP contribution in [0.3, 0.4) is 0 Å². The summed E-state index contributed by atoms with van der Waals surface area (Å²) in [5, 5.41) is 3.24. The highest BCUT2D eigenvalue weighted by Gasteiger charge is 2.22. The van der Waals surface area contributed by atoms with Crippen LogP contribution in [0.5, 0.6) is 0 Å². The van der Waals surface area contributed by atoms with E-state index in [-0.39, 0.29) is 5.91 Å². The van der Waals surface area contributed by atoms with Crippen LogP contribution >= 0.6 is 0 Å². The zero-order valence-electron chi connectivity index (χ0n) is 12.9. The van der Waals surface area contributed by atoms with Crippen molar-refractivity contribution >= 4 is 5.91 Å². The zero-order valence-corrected chi connectivity index (χ0v) is 12.9. The normalized spacial score (nSPS) is 26.1. The van der Waals surface area contributed by atoms with Crippen molar-refractivity contribution in [1.29, 1.82) is 0 Å². The molecule has 0 aromatic carbocycles. The quantitative estimate of drug-likeness (QED) is 0.841. The standard InChI is InChI=1S/C16H30N2O2/c1-20-15-9-11-18(13-15)12-10-16(19)17-14-7-5-3-2-4-6-8-14/h14-15H,2-13H2,1H3,(H,17,19)/t15-/m0/s1. The van der Waals surface area contributed by atoms with Gasteiger partial charge in [-0.15, -0.1) is 0 Å². The molecule has 0 aromatic heterocycles. The van der Waals surface area contributed by atoms with E-state index in [2.05, 4.69) is 10.2 Å². The molecular weight excluding hydrogens is 252 g/mol. The van der Waals surface area contributed by atoms with Crippen LogP contribution in [0, 0.1) is 0 Å². The minimum Gasteiger partial charge on any atom is -0.380 e.